The molecule has 0 radical (unpaired) electrons. The van der Waals surface area contributed by atoms with Crippen molar-refractivity contribution in [3.05, 3.63) is 65.1 Å². The number of benzene rings is 1. The summed E-state index contributed by atoms with van der Waals surface area (Å²) in [6, 6.07) is 10.8. The Morgan fingerprint density at radius 3 is 2.77 bits per heavy atom. The Balaban J connectivity index is 1.42. The molecule has 0 spiro atoms. The summed E-state index contributed by atoms with van der Waals surface area (Å²) in [5, 5.41) is 10.6. The van der Waals surface area contributed by atoms with Crippen LogP contribution in [0.1, 0.15) is 28.9 Å². The van der Waals surface area contributed by atoms with Gasteiger partial charge in [-0.1, -0.05) is 17.7 Å². The molecule has 1 aromatic carbocycles. The molecule has 3 heterocycles. The SMILES string of the molecule is Cc1ccc(NC(=O)C2CCCN(C(=O)c3cc(-c4ccncc4)n[nH]3)C2)cc1Cl. The van der Waals surface area contributed by atoms with Gasteiger partial charge in [-0.3, -0.25) is 19.7 Å². The lowest BCUT2D eigenvalue weighted by Gasteiger charge is -2.31. The Morgan fingerprint density at radius 1 is 1.20 bits per heavy atom. The van der Waals surface area contributed by atoms with Gasteiger partial charge in [0.05, 0.1) is 11.6 Å². The largest absolute Gasteiger partial charge is 0.337 e. The summed E-state index contributed by atoms with van der Waals surface area (Å²) in [4.78, 5) is 31.4. The summed E-state index contributed by atoms with van der Waals surface area (Å²) in [7, 11) is 0. The maximum atomic E-state index is 12.9. The number of rotatable bonds is 4. The molecular formula is C22H22ClN5O2. The fraction of sp³-hybridized carbons (Fsp3) is 0.273. The first-order chi connectivity index (χ1) is 14.5. The number of anilines is 1. The summed E-state index contributed by atoms with van der Waals surface area (Å²) in [5.41, 5.74) is 3.59. The smallest absolute Gasteiger partial charge is 0.271 e. The first-order valence-corrected chi connectivity index (χ1v) is 10.2. The Morgan fingerprint density at radius 2 is 2.00 bits per heavy atom. The number of nitrogens with one attached hydrogen (secondary N) is 2. The number of likely N-dealkylation sites (tertiary alicyclic amines) is 1. The van der Waals surface area contributed by atoms with Gasteiger partial charge < -0.3 is 10.2 Å². The standard InChI is InChI=1S/C22H22ClN5O2/c1-14-4-5-17(11-18(14)23)25-21(29)16-3-2-10-28(13-16)22(30)20-12-19(26-27-20)15-6-8-24-9-7-15/h4-9,11-12,16H,2-3,10,13H2,1H3,(H,25,29)(H,26,27). The fourth-order valence-corrected chi connectivity index (χ4v) is 3.74. The van der Waals surface area contributed by atoms with Crippen LogP contribution in [0.15, 0.2) is 48.8 Å². The number of piperidine rings is 1. The van der Waals surface area contributed by atoms with Gasteiger partial charge in [0.1, 0.15) is 5.69 Å². The van der Waals surface area contributed by atoms with E-state index in [2.05, 4.69) is 20.5 Å². The molecule has 1 saturated heterocycles. The van der Waals surface area contributed by atoms with Crippen molar-refractivity contribution >= 4 is 29.1 Å². The van der Waals surface area contributed by atoms with Gasteiger partial charge in [-0.25, -0.2) is 0 Å². The summed E-state index contributed by atoms with van der Waals surface area (Å²) < 4.78 is 0. The highest BCUT2D eigenvalue weighted by Gasteiger charge is 2.30. The summed E-state index contributed by atoms with van der Waals surface area (Å²) in [6.45, 7) is 2.89. The van der Waals surface area contributed by atoms with Gasteiger partial charge in [0, 0.05) is 41.8 Å². The van der Waals surface area contributed by atoms with Crippen molar-refractivity contribution in [1.82, 2.24) is 20.1 Å². The minimum Gasteiger partial charge on any atom is -0.337 e. The van der Waals surface area contributed by atoms with Crippen LogP contribution in [0.3, 0.4) is 0 Å². The van der Waals surface area contributed by atoms with Crippen LogP contribution >= 0.6 is 11.6 Å². The maximum absolute atomic E-state index is 12.9. The van der Waals surface area contributed by atoms with Gasteiger partial charge in [-0.15, -0.1) is 0 Å². The van der Waals surface area contributed by atoms with Crippen LogP contribution in [0.4, 0.5) is 5.69 Å². The average molecular weight is 424 g/mol. The minimum absolute atomic E-state index is 0.102. The molecule has 8 heteroatoms. The number of halogens is 1. The molecular weight excluding hydrogens is 402 g/mol. The first kappa shape index (κ1) is 20.1. The number of carbonyl (C=O) groups excluding carboxylic acids is 2. The number of hydrogen-bond donors (Lipinski definition) is 2. The van der Waals surface area contributed by atoms with Crippen molar-refractivity contribution in [2.24, 2.45) is 5.92 Å². The highest BCUT2D eigenvalue weighted by molar-refractivity contribution is 6.31. The van der Waals surface area contributed by atoms with Crippen molar-refractivity contribution in [1.29, 1.82) is 0 Å². The molecule has 1 fully saturated rings. The van der Waals surface area contributed by atoms with Crippen LogP contribution in [0.25, 0.3) is 11.3 Å². The zero-order chi connectivity index (χ0) is 21.1. The molecule has 30 heavy (non-hydrogen) atoms. The van der Waals surface area contributed by atoms with E-state index < -0.39 is 0 Å². The quantitative estimate of drug-likeness (QED) is 0.665. The van der Waals surface area contributed by atoms with Crippen LogP contribution < -0.4 is 5.32 Å². The maximum Gasteiger partial charge on any atom is 0.271 e. The second-order valence-corrected chi connectivity index (χ2v) is 7.85. The lowest BCUT2D eigenvalue weighted by molar-refractivity contribution is -0.121. The van der Waals surface area contributed by atoms with Crippen LogP contribution in [0.5, 0.6) is 0 Å². The number of pyridine rings is 1. The van der Waals surface area contributed by atoms with Gasteiger partial charge >= 0.3 is 0 Å². The van der Waals surface area contributed by atoms with Gasteiger partial charge in [-0.05, 0) is 55.7 Å². The van der Waals surface area contributed by atoms with E-state index in [1.54, 1.807) is 29.4 Å². The molecule has 0 saturated carbocycles. The zero-order valence-corrected chi connectivity index (χ0v) is 17.3. The number of hydrogen-bond acceptors (Lipinski definition) is 4. The van der Waals surface area contributed by atoms with E-state index in [9.17, 15) is 9.59 Å². The third kappa shape index (κ3) is 4.36. The van der Waals surface area contributed by atoms with E-state index in [1.807, 2.05) is 31.2 Å². The first-order valence-electron chi connectivity index (χ1n) is 9.83. The van der Waals surface area contributed by atoms with Crippen molar-refractivity contribution in [2.45, 2.75) is 19.8 Å². The van der Waals surface area contributed by atoms with Gasteiger partial charge in [0.25, 0.3) is 5.91 Å². The highest BCUT2D eigenvalue weighted by atomic mass is 35.5. The van der Waals surface area contributed by atoms with Crippen molar-refractivity contribution < 1.29 is 9.59 Å². The van der Waals surface area contributed by atoms with Crippen LogP contribution in [0.2, 0.25) is 5.02 Å². The van der Waals surface area contributed by atoms with E-state index in [4.69, 9.17) is 11.6 Å². The number of carbonyl (C=O) groups is 2. The number of H-pyrrole nitrogens is 1. The molecule has 1 aliphatic heterocycles. The van der Waals surface area contributed by atoms with Crippen LogP contribution in [-0.4, -0.2) is 45.0 Å². The molecule has 0 bridgehead atoms. The molecule has 7 nitrogen and oxygen atoms in total. The summed E-state index contributed by atoms with van der Waals surface area (Å²) >= 11 is 6.14. The minimum atomic E-state index is -0.273. The van der Waals surface area contributed by atoms with Crippen molar-refractivity contribution in [2.75, 3.05) is 18.4 Å². The molecule has 3 aromatic rings. The van der Waals surface area contributed by atoms with E-state index in [1.165, 1.54) is 0 Å². The number of nitrogens with zero attached hydrogens (tertiary/aromatic N) is 3. The van der Waals surface area contributed by atoms with Crippen molar-refractivity contribution in [3.8, 4) is 11.3 Å². The van der Waals surface area contributed by atoms with E-state index >= 15 is 0 Å². The fourth-order valence-electron chi connectivity index (χ4n) is 3.56. The van der Waals surface area contributed by atoms with Crippen LogP contribution in [-0.2, 0) is 4.79 Å². The molecule has 1 aliphatic rings. The molecule has 1 unspecified atom stereocenters. The summed E-state index contributed by atoms with van der Waals surface area (Å²) in [5.74, 6) is -0.529. The lowest BCUT2D eigenvalue weighted by Crippen LogP contribution is -2.43. The lowest BCUT2D eigenvalue weighted by atomic mass is 9.96. The predicted octanol–water partition coefficient (Wildman–Crippen LogP) is 3.92. The number of amides is 2. The number of aromatic nitrogens is 3. The van der Waals surface area contributed by atoms with Gasteiger partial charge in [0.2, 0.25) is 5.91 Å². The zero-order valence-electron chi connectivity index (χ0n) is 16.6. The molecule has 1 atom stereocenters. The molecule has 2 aromatic heterocycles. The Bertz CT molecular complexity index is 1070. The second kappa shape index (κ2) is 8.67. The van der Waals surface area contributed by atoms with Crippen molar-refractivity contribution in [3.63, 3.8) is 0 Å². The Hall–Kier alpha value is -3.19. The number of aryl methyl sites for hydroxylation is 1. The molecule has 2 N–H and O–H groups in total. The topological polar surface area (TPSA) is 91.0 Å². The van der Waals surface area contributed by atoms with Crippen LogP contribution in [0, 0.1) is 12.8 Å². The third-order valence-electron chi connectivity index (χ3n) is 5.30. The third-order valence-corrected chi connectivity index (χ3v) is 5.71. The van der Waals surface area contributed by atoms with E-state index in [0.717, 1.165) is 24.0 Å². The Labute approximate surface area is 179 Å². The monoisotopic (exact) mass is 423 g/mol. The molecule has 154 valence electrons. The summed E-state index contributed by atoms with van der Waals surface area (Å²) in [6.07, 6.45) is 4.87. The molecule has 0 aliphatic carbocycles. The normalized spacial score (nSPS) is 16.3. The number of aromatic amines is 1. The molecule has 2 amide bonds. The predicted molar refractivity (Wildman–Crippen MR) is 115 cm³/mol. The van der Waals surface area contributed by atoms with Gasteiger partial charge in [-0.2, -0.15) is 5.10 Å². The Kier molecular flexibility index (Phi) is 5.81. The van der Waals surface area contributed by atoms with E-state index in [0.29, 0.717) is 35.2 Å². The molecule has 4 rings (SSSR count). The van der Waals surface area contributed by atoms with E-state index in [-0.39, 0.29) is 17.7 Å². The highest BCUT2D eigenvalue weighted by Crippen LogP contribution is 2.24. The average Bonchev–Trinajstić information content (AvgIpc) is 3.27. The second-order valence-electron chi connectivity index (χ2n) is 7.45. The van der Waals surface area contributed by atoms with Gasteiger partial charge in [0.15, 0.2) is 0 Å².